The zero-order valence-corrected chi connectivity index (χ0v) is 14.6. The van der Waals surface area contributed by atoms with Crippen molar-refractivity contribution in [3.8, 4) is 0 Å². The molecule has 1 aliphatic rings. The third-order valence-corrected chi connectivity index (χ3v) is 3.79. The van der Waals surface area contributed by atoms with Gasteiger partial charge >= 0.3 is 6.09 Å². The highest BCUT2D eigenvalue weighted by atomic mass is 35.5. The highest BCUT2D eigenvalue weighted by molar-refractivity contribution is 6.33. The van der Waals surface area contributed by atoms with Crippen LogP contribution in [0.25, 0.3) is 0 Å². The summed E-state index contributed by atoms with van der Waals surface area (Å²) in [6, 6.07) is 0.768. The molecule has 1 aliphatic heterocycles. The van der Waals surface area contributed by atoms with E-state index in [0.717, 1.165) is 0 Å². The summed E-state index contributed by atoms with van der Waals surface area (Å²) in [5.41, 5.74) is 7.13. The van der Waals surface area contributed by atoms with Gasteiger partial charge in [0.2, 0.25) is 0 Å². The van der Waals surface area contributed by atoms with Gasteiger partial charge in [0.15, 0.2) is 0 Å². The second-order valence-electron chi connectivity index (χ2n) is 6.55. The lowest BCUT2D eigenvalue weighted by molar-refractivity contribution is -0.121. The van der Waals surface area contributed by atoms with Crippen molar-refractivity contribution in [2.75, 3.05) is 12.0 Å². The Bertz CT molecular complexity index is 665. The number of nitrogens with two attached hydrogens (primary N) is 1. The smallest absolute Gasteiger partial charge is 0.410 e. The van der Waals surface area contributed by atoms with E-state index in [-0.39, 0.29) is 10.7 Å². The molecule has 1 aromatic heterocycles. The van der Waals surface area contributed by atoms with Gasteiger partial charge in [-0.25, -0.2) is 4.79 Å². The average Bonchev–Trinajstić information content (AvgIpc) is 3.03. The maximum Gasteiger partial charge on any atom is 0.410 e. The minimum atomic E-state index is -0.763. The lowest BCUT2D eigenvalue weighted by Gasteiger charge is -2.28. The molecule has 0 aromatic carbocycles. The van der Waals surface area contributed by atoms with Gasteiger partial charge < -0.3 is 10.5 Å². The molecule has 2 heterocycles. The standard InChI is InChI=1S/C15H21ClN4O4/c1-15(2,3)24-14(23)19-7-4-5-10(19)13(22)18-20-8-6-9(16)11(20)12(17)21/h6,8,10H,4-5,7H2,1-3H3,(H2,17,21)(H,18,22)/t10-/m0/s1. The molecule has 0 saturated carbocycles. The second-order valence-corrected chi connectivity index (χ2v) is 6.96. The summed E-state index contributed by atoms with van der Waals surface area (Å²) in [5, 5.41) is 0.137. The maximum atomic E-state index is 12.5. The third kappa shape index (κ3) is 4.00. The molecule has 1 aromatic rings. The number of carbonyl (C=O) groups excluding carboxylic acids is 3. The average molecular weight is 357 g/mol. The molecular weight excluding hydrogens is 336 g/mol. The van der Waals surface area contributed by atoms with Crippen LogP contribution in [0.4, 0.5) is 4.79 Å². The number of amides is 3. The number of likely N-dealkylation sites (tertiary alicyclic amines) is 1. The molecule has 1 saturated heterocycles. The van der Waals surface area contributed by atoms with Gasteiger partial charge in [-0.1, -0.05) is 11.6 Å². The topological polar surface area (TPSA) is 107 Å². The van der Waals surface area contributed by atoms with Crippen LogP contribution in [-0.4, -0.2) is 45.7 Å². The lowest BCUT2D eigenvalue weighted by atomic mass is 10.2. The fourth-order valence-corrected chi connectivity index (χ4v) is 2.75. The van der Waals surface area contributed by atoms with Crippen molar-refractivity contribution in [3.05, 3.63) is 23.0 Å². The van der Waals surface area contributed by atoms with Crippen molar-refractivity contribution in [2.45, 2.75) is 45.3 Å². The van der Waals surface area contributed by atoms with Gasteiger partial charge in [0.25, 0.3) is 11.8 Å². The number of aromatic nitrogens is 1. The van der Waals surface area contributed by atoms with Crippen molar-refractivity contribution in [3.63, 3.8) is 0 Å². The molecule has 3 N–H and O–H groups in total. The van der Waals surface area contributed by atoms with Gasteiger partial charge in [-0.05, 0) is 39.7 Å². The minimum absolute atomic E-state index is 0.0215. The van der Waals surface area contributed by atoms with Crippen LogP contribution in [-0.2, 0) is 9.53 Å². The van der Waals surface area contributed by atoms with E-state index in [1.165, 1.54) is 21.8 Å². The maximum absolute atomic E-state index is 12.5. The SMILES string of the molecule is CC(C)(C)OC(=O)N1CCC[C@H]1C(=O)Nn1ccc(Cl)c1C(N)=O. The Morgan fingerprint density at radius 1 is 1.38 bits per heavy atom. The Labute approximate surface area is 144 Å². The summed E-state index contributed by atoms with van der Waals surface area (Å²) in [4.78, 5) is 37.5. The number of nitrogens with zero attached hydrogens (tertiary/aromatic N) is 2. The van der Waals surface area contributed by atoms with E-state index in [2.05, 4.69) is 5.43 Å². The monoisotopic (exact) mass is 356 g/mol. The molecule has 1 atom stereocenters. The van der Waals surface area contributed by atoms with Crippen LogP contribution >= 0.6 is 11.6 Å². The number of hydrogen-bond acceptors (Lipinski definition) is 4. The first-order valence-electron chi connectivity index (χ1n) is 7.57. The Morgan fingerprint density at radius 2 is 2.04 bits per heavy atom. The van der Waals surface area contributed by atoms with Crippen molar-refractivity contribution in [1.29, 1.82) is 0 Å². The van der Waals surface area contributed by atoms with Crippen LogP contribution in [0.3, 0.4) is 0 Å². The number of hydrogen-bond donors (Lipinski definition) is 2. The minimum Gasteiger partial charge on any atom is -0.444 e. The van der Waals surface area contributed by atoms with Gasteiger partial charge in [-0.2, -0.15) is 0 Å². The molecule has 1 fully saturated rings. The van der Waals surface area contributed by atoms with E-state index in [9.17, 15) is 14.4 Å². The van der Waals surface area contributed by atoms with Crippen molar-refractivity contribution in [1.82, 2.24) is 9.58 Å². The largest absolute Gasteiger partial charge is 0.444 e. The van der Waals surface area contributed by atoms with Crippen molar-refractivity contribution >= 4 is 29.5 Å². The molecule has 2 rings (SSSR count). The molecular formula is C15H21ClN4O4. The first-order valence-corrected chi connectivity index (χ1v) is 7.95. The second kappa shape index (κ2) is 6.72. The molecule has 8 nitrogen and oxygen atoms in total. The first-order chi connectivity index (χ1) is 11.1. The Morgan fingerprint density at radius 3 is 2.62 bits per heavy atom. The molecule has 3 amide bonds. The van der Waals surface area contributed by atoms with E-state index in [1.54, 1.807) is 20.8 Å². The molecule has 0 spiro atoms. The van der Waals surface area contributed by atoms with Gasteiger partial charge in [-0.3, -0.25) is 24.6 Å². The summed E-state index contributed by atoms with van der Waals surface area (Å²) < 4.78 is 6.49. The Kier molecular flexibility index (Phi) is 5.08. The number of rotatable bonds is 3. The van der Waals surface area contributed by atoms with E-state index in [4.69, 9.17) is 22.1 Å². The summed E-state index contributed by atoms with van der Waals surface area (Å²) in [6.07, 6.45) is 2.08. The number of primary amides is 1. The van der Waals surface area contributed by atoms with E-state index < -0.39 is 29.6 Å². The zero-order chi connectivity index (χ0) is 18.1. The molecule has 0 bridgehead atoms. The van der Waals surface area contributed by atoms with Crippen molar-refractivity contribution < 1.29 is 19.1 Å². The molecule has 0 aliphatic carbocycles. The predicted molar refractivity (Wildman–Crippen MR) is 88.3 cm³/mol. The van der Waals surface area contributed by atoms with E-state index in [1.807, 2.05) is 0 Å². The fraction of sp³-hybridized carbons (Fsp3) is 0.533. The Hall–Kier alpha value is -2.22. The molecule has 24 heavy (non-hydrogen) atoms. The number of nitrogens with one attached hydrogen (secondary N) is 1. The summed E-state index contributed by atoms with van der Waals surface area (Å²) in [6.45, 7) is 5.72. The third-order valence-electron chi connectivity index (χ3n) is 3.48. The van der Waals surface area contributed by atoms with Crippen LogP contribution in [0.2, 0.25) is 5.02 Å². The quantitative estimate of drug-likeness (QED) is 0.859. The van der Waals surface area contributed by atoms with Gasteiger partial charge in [0.1, 0.15) is 17.3 Å². The van der Waals surface area contributed by atoms with Gasteiger partial charge in [0, 0.05) is 12.7 Å². The first kappa shape index (κ1) is 18.1. The van der Waals surface area contributed by atoms with Crippen LogP contribution in [0.1, 0.15) is 44.1 Å². The molecule has 0 radical (unpaired) electrons. The lowest BCUT2D eigenvalue weighted by Crippen LogP contribution is -2.47. The zero-order valence-electron chi connectivity index (χ0n) is 13.8. The van der Waals surface area contributed by atoms with Crippen LogP contribution < -0.4 is 11.2 Å². The van der Waals surface area contributed by atoms with Crippen molar-refractivity contribution in [2.24, 2.45) is 5.73 Å². The summed E-state index contributed by atoms with van der Waals surface area (Å²) in [5.74, 6) is -1.20. The van der Waals surface area contributed by atoms with Gasteiger partial charge in [0.05, 0.1) is 5.02 Å². The predicted octanol–water partition coefficient (Wildman–Crippen LogP) is 1.71. The normalized spacial score (nSPS) is 17.7. The molecule has 9 heteroatoms. The fourth-order valence-electron chi connectivity index (χ4n) is 2.51. The van der Waals surface area contributed by atoms with Crippen LogP contribution in [0, 0.1) is 0 Å². The van der Waals surface area contributed by atoms with E-state index in [0.29, 0.717) is 19.4 Å². The van der Waals surface area contributed by atoms with Gasteiger partial charge in [-0.15, -0.1) is 0 Å². The Balaban J connectivity index is 2.12. The summed E-state index contributed by atoms with van der Waals surface area (Å²) >= 11 is 5.88. The summed E-state index contributed by atoms with van der Waals surface area (Å²) in [7, 11) is 0. The van der Waals surface area contributed by atoms with Crippen LogP contribution in [0.15, 0.2) is 12.3 Å². The molecule has 132 valence electrons. The van der Waals surface area contributed by atoms with Crippen LogP contribution in [0.5, 0.6) is 0 Å². The molecule has 0 unspecified atom stereocenters. The number of halogens is 1. The van der Waals surface area contributed by atoms with E-state index >= 15 is 0 Å². The highest BCUT2D eigenvalue weighted by Gasteiger charge is 2.37. The number of ether oxygens (including phenoxy) is 1. The number of carbonyl (C=O) groups is 3. The highest BCUT2D eigenvalue weighted by Crippen LogP contribution is 2.22.